The smallest absolute Gasteiger partial charge is 0.0942 e. The summed E-state index contributed by atoms with van der Waals surface area (Å²) in [4.78, 5) is 8.23. The number of hydrogen-bond donors (Lipinski definition) is 1. The number of nitrogens with zero attached hydrogens (tertiary/aromatic N) is 2. The summed E-state index contributed by atoms with van der Waals surface area (Å²) in [6.07, 6.45) is 6.34. The quantitative estimate of drug-likeness (QED) is 0.938. The van der Waals surface area contributed by atoms with Crippen molar-refractivity contribution in [2.24, 2.45) is 0 Å². The van der Waals surface area contributed by atoms with Crippen LogP contribution in [0.15, 0.2) is 34.5 Å². The summed E-state index contributed by atoms with van der Waals surface area (Å²) in [5.74, 6) is 0. The molecule has 0 fully saturated rings. The van der Waals surface area contributed by atoms with Gasteiger partial charge in [0.15, 0.2) is 0 Å². The Hall–Kier alpha value is -0.940. The van der Waals surface area contributed by atoms with Gasteiger partial charge in [0.2, 0.25) is 0 Å². The molecule has 78 valence electrons. The summed E-state index contributed by atoms with van der Waals surface area (Å²) >= 11 is 5.12. The molecule has 0 saturated heterocycles. The van der Waals surface area contributed by atoms with Crippen LogP contribution in [0.3, 0.4) is 0 Å². The van der Waals surface area contributed by atoms with Crippen LogP contribution in [-0.2, 0) is 6.42 Å². The third-order valence-corrected chi connectivity index (χ3v) is 3.38. The molecule has 0 aliphatic heterocycles. The third kappa shape index (κ3) is 3.00. The number of halogens is 1. The number of thiazole rings is 1. The first kappa shape index (κ1) is 10.6. The lowest BCUT2D eigenvalue weighted by Crippen LogP contribution is -2.05. The van der Waals surface area contributed by atoms with Crippen LogP contribution in [0, 0.1) is 0 Å². The van der Waals surface area contributed by atoms with Crippen molar-refractivity contribution in [3.63, 3.8) is 0 Å². The number of nitrogens with one attached hydrogen (secondary N) is 1. The summed E-state index contributed by atoms with van der Waals surface area (Å²) in [6.45, 7) is 0.885. The Morgan fingerprint density at radius 3 is 3.07 bits per heavy atom. The zero-order valence-corrected chi connectivity index (χ0v) is 10.4. The molecule has 0 spiro atoms. The first-order valence-corrected chi connectivity index (χ1v) is 6.25. The van der Waals surface area contributed by atoms with Crippen LogP contribution in [0.2, 0.25) is 0 Å². The predicted molar refractivity (Wildman–Crippen MR) is 66.2 cm³/mol. The fraction of sp³-hybridized carbons (Fsp3) is 0.200. The second-order valence-electron chi connectivity index (χ2n) is 2.96. The first-order chi connectivity index (χ1) is 7.36. The molecule has 0 aliphatic rings. The van der Waals surface area contributed by atoms with E-state index in [0.29, 0.717) is 0 Å². The SMILES string of the molecule is Brc1cnccc1NCCc1nccs1. The average molecular weight is 284 g/mol. The summed E-state index contributed by atoms with van der Waals surface area (Å²) in [7, 11) is 0. The second kappa shape index (κ2) is 5.23. The predicted octanol–water partition coefficient (Wildman–Crippen LogP) is 2.96. The van der Waals surface area contributed by atoms with Gasteiger partial charge in [-0.05, 0) is 22.0 Å². The van der Waals surface area contributed by atoms with Gasteiger partial charge in [0.1, 0.15) is 0 Å². The fourth-order valence-electron chi connectivity index (χ4n) is 1.20. The van der Waals surface area contributed by atoms with E-state index in [1.54, 1.807) is 23.7 Å². The molecule has 0 radical (unpaired) electrons. The van der Waals surface area contributed by atoms with Crippen molar-refractivity contribution in [3.05, 3.63) is 39.5 Å². The van der Waals surface area contributed by atoms with Crippen LogP contribution in [0.5, 0.6) is 0 Å². The van der Waals surface area contributed by atoms with E-state index in [4.69, 9.17) is 0 Å². The van der Waals surface area contributed by atoms with Gasteiger partial charge in [-0.3, -0.25) is 4.98 Å². The van der Waals surface area contributed by atoms with Gasteiger partial charge in [0, 0.05) is 36.9 Å². The van der Waals surface area contributed by atoms with Gasteiger partial charge in [-0.15, -0.1) is 11.3 Å². The van der Waals surface area contributed by atoms with E-state index in [1.807, 2.05) is 17.6 Å². The van der Waals surface area contributed by atoms with Crippen molar-refractivity contribution >= 4 is 33.0 Å². The lowest BCUT2D eigenvalue weighted by Gasteiger charge is -2.06. The highest BCUT2D eigenvalue weighted by Crippen LogP contribution is 2.19. The van der Waals surface area contributed by atoms with Crippen molar-refractivity contribution in [2.45, 2.75) is 6.42 Å². The molecule has 0 atom stereocenters. The summed E-state index contributed by atoms with van der Waals surface area (Å²) in [5.41, 5.74) is 1.07. The van der Waals surface area contributed by atoms with Crippen molar-refractivity contribution < 1.29 is 0 Å². The largest absolute Gasteiger partial charge is 0.384 e. The molecule has 2 aromatic heterocycles. The van der Waals surface area contributed by atoms with E-state index in [9.17, 15) is 0 Å². The van der Waals surface area contributed by atoms with Crippen LogP contribution in [0.1, 0.15) is 5.01 Å². The highest BCUT2D eigenvalue weighted by molar-refractivity contribution is 9.10. The van der Waals surface area contributed by atoms with Crippen molar-refractivity contribution in [1.82, 2.24) is 9.97 Å². The van der Waals surface area contributed by atoms with Crippen LogP contribution in [0.4, 0.5) is 5.69 Å². The van der Waals surface area contributed by atoms with E-state index >= 15 is 0 Å². The zero-order chi connectivity index (χ0) is 10.5. The van der Waals surface area contributed by atoms with Gasteiger partial charge < -0.3 is 5.32 Å². The number of aromatic nitrogens is 2. The Balaban J connectivity index is 1.86. The van der Waals surface area contributed by atoms with Gasteiger partial charge in [-0.2, -0.15) is 0 Å². The first-order valence-electron chi connectivity index (χ1n) is 4.58. The molecule has 0 unspecified atom stereocenters. The normalized spacial score (nSPS) is 10.2. The minimum Gasteiger partial charge on any atom is -0.384 e. The fourth-order valence-corrected chi connectivity index (χ4v) is 2.21. The monoisotopic (exact) mass is 283 g/mol. The molecule has 0 bridgehead atoms. The Labute approximate surface area is 101 Å². The van der Waals surface area contributed by atoms with E-state index in [0.717, 1.165) is 28.1 Å². The molecule has 0 saturated carbocycles. The van der Waals surface area contributed by atoms with E-state index in [1.165, 1.54) is 0 Å². The number of pyridine rings is 1. The highest BCUT2D eigenvalue weighted by atomic mass is 79.9. The van der Waals surface area contributed by atoms with Gasteiger partial charge in [0.25, 0.3) is 0 Å². The molecule has 3 nitrogen and oxygen atoms in total. The molecule has 5 heteroatoms. The van der Waals surface area contributed by atoms with Gasteiger partial charge in [-0.25, -0.2) is 4.98 Å². The van der Waals surface area contributed by atoms with Gasteiger partial charge in [-0.1, -0.05) is 0 Å². The van der Waals surface area contributed by atoms with Gasteiger partial charge >= 0.3 is 0 Å². The van der Waals surface area contributed by atoms with Crippen LogP contribution < -0.4 is 5.32 Å². The molecule has 0 aliphatic carbocycles. The van der Waals surface area contributed by atoms with Crippen LogP contribution in [0.25, 0.3) is 0 Å². The molecular weight excluding hydrogens is 274 g/mol. The Bertz CT molecular complexity index is 416. The molecule has 2 rings (SSSR count). The Kier molecular flexibility index (Phi) is 3.69. The standard InChI is InChI=1S/C10H10BrN3S/c11-8-7-12-3-1-9(8)13-4-2-10-14-5-6-15-10/h1,3,5-7H,2,4H2,(H,12,13). The third-order valence-electron chi connectivity index (χ3n) is 1.91. The molecular formula is C10H10BrN3S. The maximum Gasteiger partial charge on any atom is 0.0942 e. The molecule has 15 heavy (non-hydrogen) atoms. The number of hydrogen-bond acceptors (Lipinski definition) is 4. The van der Waals surface area contributed by atoms with Crippen molar-refractivity contribution in [1.29, 1.82) is 0 Å². The highest BCUT2D eigenvalue weighted by Gasteiger charge is 1.99. The van der Waals surface area contributed by atoms with Gasteiger partial charge in [0.05, 0.1) is 15.2 Å². The van der Waals surface area contributed by atoms with E-state index < -0.39 is 0 Å². The Morgan fingerprint density at radius 1 is 1.40 bits per heavy atom. The minimum atomic E-state index is 0.885. The second-order valence-corrected chi connectivity index (χ2v) is 4.79. The summed E-state index contributed by atoms with van der Waals surface area (Å²) in [6, 6.07) is 1.95. The van der Waals surface area contributed by atoms with Crippen LogP contribution in [-0.4, -0.2) is 16.5 Å². The maximum absolute atomic E-state index is 4.22. The van der Waals surface area contributed by atoms with E-state index in [-0.39, 0.29) is 0 Å². The topological polar surface area (TPSA) is 37.8 Å². The van der Waals surface area contributed by atoms with Crippen molar-refractivity contribution in [3.8, 4) is 0 Å². The molecule has 2 heterocycles. The lowest BCUT2D eigenvalue weighted by atomic mass is 10.4. The van der Waals surface area contributed by atoms with Crippen molar-refractivity contribution in [2.75, 3.05) is 11.9 Å². The molecule has 0 aromatic carbocycles. The molecule has 1 N–H and O–H groups in total. The molecule has 2 aromatic rings. The number of anilines is 1. The zero-order valence-electron chi connectivity index (χ0n) is 7.98. The number of rotatable bonds is 4. The van der Waals surface area contributed by atoms with E-state index in [2.05, 4.69) is 31.2 Å². The summed E-state index contributed by atoms with van der Waals surface area (Å²) < 4.78 is 0.990. The minimum absolute atomic E-state index is 0.885. The van der Waals surface area contributed by atoms with Crippen LogP contribution >= 0.6 is 27.3 Å². The maximum atomic E-state index is 4.22. The average Bonchev–Trinajstić information content (AvgIpc) is 2.74. The lowest BCUT2D eigenvalue weighted by molar-refractivity contribution is 0.996. The molecule has 0 amide bonds. The summed E-state index contributed by atoms with van der Waals surface area (Å²) in [5, 5.41) is 6.49. The Morgan fingerprint density at radius 2 is 2.33 bits per heavy atom.